The number of hydrogen-bond acceptors (Lipinski definition) is 3. The van der Waals surface area contributed by atoms with Crippen molar-refractivity contribution in [3.8, 4) is 0 Å². The van der Waals surface area contributed by atoms with E-state index in [-0.39, 0.29) is 0 Å². The van der Waals surface area contributed by atoms with Gasteiger partial charge in [-0.15, -0.1) is 0 Å². The van der Waals surface area contributed by atoms with E-state index in [0.29, 0.717) is 12.2 Å². The first kappa shape index (κ1) is 9.68. The minimum absolute atomic E-state index is 0.363. The van der Waals surface area contributed by atoms with Gasteiger partial charge in [-0.1, -0.05) is 0 Å². The van der Waals surface area contributed by atoms with E-state index in [2.05, 4.69) is 14.9 Å². The van der Waals surface area contributed by atoms with E-state index < -0.39 is 0 Å². The average molecular weight is 195 g/mol. The molecule has 4 heteroatoms. The van der Waals surface area contributed by atoms with Crippen molar-refractivity contribution in [1.29, 1.82) is 0 Å². The lowest BCUT2D eigenvalue weighted by atomic mass is 10.2. The normalized spacial score (nSPS) is 26.9. The Morgan fingerprint density at radius 3 is 3.07 bits per heavy atom. The topological polar surface area (TPSA) is 39.1 Å². The smallest absolute Gasteiger partial charge is 0.0946 e. The van der Waals surface area contributed by atoms with Crippen LogP contribution in [0.1, 0.15) is 12.8 Å². The fraction of sp³-hybridized carbons (Fsp3) is 0.700. The molecule has 0 radical (unpaired) electrons. The van der Waals surface area contributed by atoms with Crippen LogP contribution in [0, 0.1) is 0 Å². The summed E-state index contributed by atoms with van der Waals surface area (Å²) in [4.78, 5) is 4.01. The van der Waals surface area contributed by atoms with Gasteiger partial charge in [-0.25, -0.2) is 4.98 Å². The fourth-order valence-corrected chi connectivity index (χ4v) is 1.92. The highest BCUT2D eigenvalue weighted by Gasteiger charge is 2.24. The van der Waals surface area contributed by atoms with Crippen LogP contribution in [0.15, 0.2) is 18.7 Å². The van der Waals surface area contributed by atoms with Gasteiger partial charge in [-0.05, 0) is 19.9 Å². The molecule has 1 fully saturated rings. The van der Waals surface area contributed by atoms with Crippen LogP contribution < -0.4 is 5.32 Å². The summed E-state index contributed by atoms with van der Waals surface area (Å²) in [6.07, 6.45) is 8.71. The molecule has 0 amide bonds. The van der Waals surface area contributed by atoms with E-state index in [1.165, 1.54) is 6.42 Å². The molecule has 2 rings (SSSR count). The summed E-state index contributed by atoms with van der Waals surface area (Å²) in [5, 5.41) is 3.14. The number of likely N-dealkylation sites (N-methyl/N-ethyl adjacent to an activating group) is 1. The second-order valence-electron chi connectivity index (χ2n) is 3.77. The van der Waals surface area contributed by atoms with Gasteiger partial charge >= 0.3 is 0 Å². The predicted molar refractivity (Wildman–Crippen MR) is 54.0 cm³/mol. The molecular formula is C10H17N3O. The molecule has 2 heterocycles. The Hall–Kier alpha value is -0.870. The Balaban J connectivity index is 1.79. The zero-order valence-corrected chi connectivity index (χ0v) is 8.52. The third kappa shape index (κ3) is 2.33. The van der Waals surface area contributed by atoms with Crippen LogP contribution in [0.4, 0.5) is 0 Å². The van der Waals surface area contributed by atoms with Gasteiger partial charge in [-0.3, -0.25) is 0 Å². The maximum absolute atomic E-state index is 5.86. The van der Waals surface area contributed by atoms with Crippen molar-refractivity contribution in [1.82, 2.24) is 14.9 Å². The van der Waals surface area contributed by atoms with Crippen LogP contribution in [-0.4, -0.2) is 35.4 Å². The van der Waals surface area contributed by atoms with E-state index in [1.807, 2.05) is 19.6 Å². The number of rotatable bonds is 4. The SMILES string of the molecule is CNCC1CCC(Cn2ccnc2)O1. The van der Waals surface area contributed by atoms with Gasteiger partial charge in [0.25, 0.3) is 0 Å². The zero-order valence-electron chi connectivity index (χ0n) is 8.52. The first-order valence-electron chi connectivity index (χ1n) is 5.14. The van der Waals surface area contributed by atoms with Crippen molar-refractivity contribution in [2.75, 3.05) is 13.6 Å². The summed E-state index contributed by atoms with van der Waals surface area (Å²) in [7, 11) is 1.96. The molecule has 1 aromatic heterocycles. The predicted octanol–water partition coefficient (Wildman–Crippen LogP) is 0.650. The minimum Gasteiger partial charge on any atom is -0.372 e. The van der Waals surface area contributed by atoms with Gasteiger partial charge in [0.2, 0.25) is 0 Å². The largest absolute Gasteiger partial charge is 0.372 e. The summed E-state index contributed by atoms with van der Waals surface area (Å²) >= 11 is 0. The Morgan fingerprint density at radius 1 is 1.50 bits per heavy atom. The lowest BCUT2D eigenvalue weighted by Gasteiger charge is -2.13. The van der Waals surface area contributed by atoms with Crippen LogP contribution in [0.2, 0.25) is 0 Å². The maximum Gasteiger partial charge on any atom is 0.0946 e. The molecule has 1 aromatic rings. The molecular weight excluding hydrogens is 178 g/mol. The molecule has 78 valence electrons. The molecule has 0 aliphatic carbocycles. The van der Waals surface area contributed by atoms with Crippen LogP contribution in [0.5, 0.6) is 0 Å². The quantitative estimate of drug-likeness (QED) is 0.766. The molecule has 1 N–H and O–H groups in total. The number of hydrogen-bond donors (Lipinski definition) is 1. The summed E-state index contributed by atoms with van der Waals surface area (Å²) < 4.78 is 7.94. The van der Waals surface area contributed by atoms with Crippen molar-refractivity contribution in [2.45, 2.75) is 31.6 Å². The number of imidazole rings is 1. The number of ether oxygens (including phenoxy) is 1. The van der Waals surface area contributed by atoms with Gasteiger partial charge < -0.3 is 14.6 Å². The van der Waals surface area contributed by atoms with Crippen molar-refractivity contribution in [3.63, 3.8) is 0 Å². The average Bonchev–Trinajstić information content (AvgIpc) is 2.79. The first-order chi connectivity index (χ1) is 6.88. The highest BCUT2D eigenvalue weighted by atomic mass is 16.5. The van der Waals surface area contributed by atoms with E-state index in [4.69, 9.17) is 4.74 Å². The highest BCUT2D eigenvalue weighted by molar-refractivity contribution is 4.80. The van der Waals surface area contributed by atoms with E-state index in [1.54, 1.807) is 6.20 Å². The summed E-state index contributed by atoms with van der Waals surface area (Å²) in [5.74, 6) is 0. The third-order valence-electron chi connectivity index (χ3n) is 2.60. The number of aromatic nitrogens is 2. The minimum atomic E-state index is 0.363. The Labute approximate surface area is 84.3 Å². The van der Waals surface area contributed by atoms with Crippen molar-refractivity contribution < 1.29 is 4.74 Å². The van der Waals surface area contributed by atoms with Crippen LogP contribution in [0.3, 0.4) is 0 Å². The summed E-state index contributed by atoms with van der Waals surface area (Å²) in [6, 6.07) is 0. The monoisotopic (exact) mass is 195 g/mol. The van der Waals surface area contributed by atoms with E-state index in [9.17, 15) is 0 Å². The van der Waals surface area contributed by atoms with Gasteiger partial charge in [-0.2, -0.15) is 0 Å². The molecule has 0 spiro atoms. The Kier molecular flexibility index (Phi) is 3.16. The third-order valence-corrected chi connectivity index (χ3v) is 2.60. The summed E-state index contributed by atoms with van der Waals surface area (Å²) in [6.45, 7) is 1.89. The van der Waals surface area contributed by atoms with E-state index >= 15 is 0 Å². The van der Waals surface area contributed by atoms with Gasteiger partial charge in [0.15, 0.2) is 0 Å². The van der Waals surface area contributed by atoms with Gasteiger partial charge in [0, 0.05) is 25.5 Å². The van der Waals surface area contributed by atoms with Crippen LogP contribution in [0.25, 0.3) is 0 Å². The molecule has 2 unspecified atom stereocenters. The van der Waals surface area contributed by atoms with Gasteiger partial charge in [0.1, 0.15) is 0 Å². The number of nitrogens with zero attached hydrogens (tertiary/aromatic N) is 2. The van der Waals surface area contributed by atoms with Crippen molar-refractivity contribution in [3.05, 3.63) is 18.7 Å². The zero-order chi connectivity index (χ0) is 9.80. The highest BCUT2D eigenvalue weighted by Crippen LogP contribution is 2.20. The van der Waals surface area contributed by atoms with Crippen LogP contribution in [-0.2, 0) is 11.3 Å². The molecule has 1 saturated heterocycles. The fourth-order valence-electron chi connectivity index (χ4n) is 1.92. The number of nitrogens with one attached hydrogen (secondary N) is 1. The summed E-state index contributed by atoms with van der Waals surface area (Å²) in [5.41, 5.74) is 0. The Morgan fingerprint density at radius 2 is 2.36 bits per heavy atom. The Bertz CT molecular complexity index is 260. The lowest BCUT2D eigenvalue weighted by Crippen LogP contribution is -2.25. The lowest BCUT2D eigenvalue weighted by molar-refractivity contribution is 0.0371. The first-order valence-corrected chi connectivity index (χ1v) is 5.14. The second-order valence-corrected chi connectivity index (χ2v) is 3.77. The van der Waals surface area contributed by atoms with Crippen LogP contribution >= 0.6 is 0 Å². The molecule has 4 nitrogen and oxygen atoms in total. The molecule has 14 heavy (non-hydrogen) atoms. The van der Waals surface area contributed by atoms with Crippen molar-refractivity contribution in [2.24, 2.45) is 0 Å². The standard InChI is InChI=1S/C10H17N3O/c1-11-6-9-2-3-10(14-9)7-13-5-4-12-8-13/h4-5,8-11H,2-3,6-7H2,1H3. The second kappa shape index (κ2) is 4.57. The maximum atomic E-state index is 5.86. The molecule has 0 bridgehead atoms. The van der Waals surface area contributed by atoms with Crippen molar-refractivity contribution >= 4 is 0 Å². The molecule has 0 aromatic carbocycles. The molecule has 1 aliphatic heterocycles. The molecule has 1 aliphatic rings. The van der Waals surface area contributed by atoms with E-state index in [0.717, 1.165) is 19.5 Å². The molecule has 2 atom stereocenters. The van der Waals surface area contributed by atoms with Gasteiger partial charge in [0.05, 0.1) is 18.5 Å². The molecule has 0 saturated carbocycles.